The van der Waals surface area contributed by atoms with E-state index in [0.29, 0.717) is 17.6 Å². The van der Waals surface area contributed by atoms with Crippen LogP contribution >= 0.6 is 12.0 Å². The summed E-state index contributed by atoms with van der Waals surface area (Å²) in [4.78, 5) is 13.1. The van der Waals surface area contributed by atoms with Crippen LogP contribution in [-0.2, 0) is 8.92 Å². The number of rotatable bonds is 6. The molecule has 0 saturated heterocycles. The summed E-state index contributed by atoms with van der Waals surface area (Å²) < 4.78 is 11.0. The Kier molecular flexibility index (Phi) is 6.54. The summed E-state index contributed by atoms with van der Waals surface area (Å²) in [6, 6.07) is 17.5. The number of carbonyl (C=O) groups is 1. The van der Waals surface area contributed by atoms with Crippen molar-refractivity contribution >= 4 is 18.0 Å². The van der Waals surface area contributed by atoms with Gasteiger partial charge in [0.05, 0.1) is 23.7 Å². The Labute approximate surface area is 153 Å². The van der Waals surface area contributed by atoms with E-state index in [0.717, 1.165) is 49.2 Å². The van der Waals surface area contributed by atoms with E-state index < -0.39 is 0 Å². The van der Waals surface area contributed by atoms with Crippen molar-refractivity contribution in [3.63, 3.8) is 0 Å². The molecular formula is C21H24O3S. The van der Waals surface area contributed by atoms with Crippen LogP contribution in [0.3, 0.4) is 0 Å². The molecule has 0 unspecified atom stereocenters. The van der Waals surface area contributed by atoms with Crippen LogP contribution in [0, 0.1) is 0 Å². The van der Waals surface area contributed by atoms with Gasteiger partial charge in [-0.25, -0.2) is 4.79 Å². The van der Waals surface area contributed by atoms with Crippen LogP contribution in [0.15, 0.2) is 59.5 Å². The van der Waals surface area contributed by atoms with Crippen LogP contribution in [0.4, 0.5) is 0 Å². The van der Waals surface area contributed by atoms with Crippen LogP contribution in [0.25, 0.3) is 0 Å². The van der Waals surface area contributed by atoms with E-state index in [1.54, 1.807) is 0 Å². The number of carbonyl (C=O) groups excluding carboxylic acids is 1. The predicted molar refractivity (Wildman–Crippen MR) is 101 cm³/mol. The van der Waals surface area contributed by atoms with E-state index in [1.165, 1.54) is 5.56 Å². The Morgan fingerprint density at radius 1 is 1.00 bits per heavy atom. The number of hydrogen-bond acceptors (Lipinski definition) is 4. The molecule has 3 nitrogen and oxygen atoms in total. The van der Waals surface area contributed by atoms with Gasteiger partial charge in [0.1, 0.15) is 0 Å². The van der Waals surface area contributed by atoms with Gasteiger partial charge < -0.3 is 8.92 Å². The predicted octanol–water partition coefficient (Wildman–Crippen LogP) is 5.61. The Hall–Kier alpha value is -1.78. The molecule has 3 rings (SSSR count). The van der Waals surface area contributed by atoms with E-state index in [4.69, 9.17) is 8.92 Å². The fraction of sp³-hybridized carbons (Fsp3) is 0.381. The second-order valence-corrected chi connectivity index (χ2v) is 7.12. The topological polar surface area (TPSA) is 35.5 Å². The van der Waals surface area contributed by atoms with Crippen molar-refractivity contribution in [3.8, 4) is 0 Å². The third kappa shape index (κ3) is 5.10. The molecule has 0 heterocycles. The van der Waals surface area contributed by atoms with Gasteiger partial charge in [0.2, 0.25) is 0 Å². The van der Waals surface area contributed by atoms with E-state index in [2.05, 4.69) is 19.1 Å². The molecule has 1 fully saturated rings. The van der Waals surface area contributed by atoms with Gasteiger partial charge >= 0.3 is 5.97 Å². The van der Waals surface area contributed by atoms with Gasteiger partial charge in [0.25, 0.3) is 0 Å². The minimum absolute atomic E-state index is 0.305. The smallest absolute Gasteiger partial charge is 0.350 e. The lowest BCUT2D eigenvalue weighted by Crippen LogP contribution is -2.20. The summed E-state index contributed by atoms with van der Waals surface area (Å²) in [6.45, 7) is 2.85. The largest absolute Gasteiger partial charge is 0.382 e. The average Bonchev–Trinajstić information content (AvgIpc) is 2.68. The quantitative estimate of drug-likeness (QED) is 0.630. The molecule has 1 aliphatic carbocycles. The highest BCUT2D eigenvalue weighted by molar-refractivity contribution is 7.95. The van der Waals surface area contributed by atoms with Gasteiger partial charge in [0.15, 0.2) is 0 Å². The lowest BCUT2D eigenvalue weighted by molar-refractivity contribution is 0.0328. The van der Waals surface area contributed by atoms with Crippen LogP contribution in [-0.4, -0.2) is 18.7 Å². The minimum Gasteiger partial charge on any atom is -0.382 e. The maximum Gasteiger partial charge on any atom is 0.350 e. The van der Waals surface area contributed by atoms with Crippen LogP contribution in [0.2, 0.25) is 0 Å². The molecule has 0 N–H and O–H groups in total. The summed E-state index contributed by atoms with van der Waals surface area (Å²) in [5.74, 6) is 0.265. The molecule has 0 radical (unpaired) electrons. The highest BCUT2D eigenvalue weighted by Gasteiger charge is 2.22. The first-order chi connectivity index (χ1) is 12.3. The summed E-state index contributed by atoms with van der Waals surface area (Å²) >= 11 is 1.10. The summed E-state index contributed by atoms with van der Waals surface area (Å²) in [5.41, 5.74) is 1.90. The Balaban J connectivity index is 1.52. The molecule has 1 aliphatic rings. The Morgan fingerprint density at radius 3 is 2.32 bits per heavy atom. The van der Waals surface area contributed by atoms with Crippen molar-refractivity contribution in [3.05, 3.63) is 65.7 Å². The van der Waals surface area contributed by atoms with Crippen LogP contribution in [0.5, 0.6) is 0 Å². The first-order valence-electron chi connectivity index (χ1n) is 8.91. The van der Waals surface area contributed by atoms with Crippen molar-refractivity contribution in [2.75, 3.05) is 6.61 Å². The van der Waals surface area contributed by atoms with Gasteiger partial charge in [-0.3, -0.25) is 0 Å². The Bertz CT molecular complexity index is 661. The third-order valence-corrected chi connectivity index (χ3v) is 5.35. The SMILES string of the molecule is CCOC1CCC(c2ccc(C(=O)OSc3ccccc3)cc2)CC1. The van der Waals surface area contributed by atoms with Crippen molar-refractivity contribution in [2.45, 2.75) is 49.5 Å². The van der Waals surface area contributed by atoms with Crippen molar-refractivity contribution in [1.29, 1.82) is 0 Å². The van der Waals surface area contributed by atoms with Gasteiger partial charge in [-0.05, 0) is 68.4 Å². The zero-order valence-electron chi connectivity index (χ0n) is 14.5. The molecule has 0 spiro atoms. The van der Waals surface area contributed by atoms with Crippen LogP contribution in [0.1, 0.15) is 54.4 Å². The second kappa shape index (κ2) is 9.07. The van der Waals surface area contributed by atoms with E-state index in [-0.39, 0.29) is 5.97 Å². The fourth-order valence-corrected chi connectivity index (χ4v) is 3.84. The molecule has 25 heavy (non-hydrogen) atoms. The maximum atomic E-state index is 12.2. The highest BCUT2D eigenvalue weighted by atomic mass is 32.2. The zero-order valence-corrected chi connectivity index (χ0v) is 15.3. The molecule has 132 valence electrons. The lowest BCUT2D eigenvalue weighted by Gasteiger charge is -2.28. The molecule has 0 atom stereocenters. The normalized spacial score (nSPS) is 20.2. The second-order valence-electron chi connectivity index (χ2n) is 6.32. The first kappa shape index (κ1) is 18.0. The molecule has 0 aromatic heterocycles. The van der Waals surface area contributed by atoms with Crippen molar-refractivity contribution < 1.29 is 13.7 Å². The minimum atomic E-state index is -0.305. The maximum absolute atomic E-state index is 12.2. The zero-order chi connectivity index (χ0) is 17.5. The summed E-state index contributed by atoms with van der Waals surface area (Å²) in [6.07, 6.45) is 4.97. The third-order valence-electron chi connectivity index (χ3n) is 4.65. The van der Waals surface area contributed by atoms with Gasteiger partial charge in [-0.15, -0.1) is 0 Å². The van der Waals surface area contributed by atoms with E-state index in [9.17, 15) is 4.79 Å². The van der Waals surface area contributed by atoms with Gasteiger partial charge in [-0.2, -0.15) is 0 Å². The molecule has 4 heteroatoms. The highest BCUT2D eigenvalue weighted by Crippen LogP contribution is 2.34. The molecule has 2 aromatic carbocycles. The fourth-order valence-electron chi connectivity index (χ4n) is 3.30. The number of hydrogen-bond donors (Lipinski definition) is 0. The first-order valence-corrected chi connectivity index (χ1v) is 9.66. The lowest BCUT2D eigenvalue weighted by atomic mass is 9.82. The molecule has 0 bridgehead atoms. The number of ether oxygens (including phenoxy) is 1. The molecule has 1 saturated carbocycles. The summed E-state index contributed by atoms with van der Waals surface area (Å²) in [7, 11) is 0. The summed E-state index contributed by atoms with van der Waals surface area (Å²) in [5, 5.41) is 0. The van der Waals surface area contributed by atoms with Gasteiger partial charge in [0, 0.05) is 11.5 Å². The molecule has 0 aliphatic heterocycles. The monoisotopic (exact) mass is 356 g/mol. The molecule has 0 amide bonds. The van der Waals surface area contributed by atoms with Crippen LogP contribution < -0.4 is 0 Å². The molecular weight excluding hydrogens is 332 g/mol. The average molecular weight is 356 g/mol. The van der Waals surface area contributed by atoms with Crippen molar-refractivity contribution in [1.82, 2.24) is 0 Å². The van der Waals surface area contributed by atoms with E-state index >= 15 is 0 Å². The van der Waals surface area contributed by atoms with E-state index in [1.807, 2.05) is 42.5 Å². The van der Waals surface area contributed by atoms with Crippen molar-refractivity contribution in [2.24, 2.45) is 0 Å². The Morgan fingerprint density at radius 2 is 1.68 bits per heavy atom. The molecule has 2 aromatic rings. The van der Waals surface area contributed by atoms with Gasteiger partial charge in [-0.1, -0.05) is 30.3 Å². The number of benzene rings is 2. The standard InChI is InChI=1S/C21H24O3S/c1-2-23-19-14-12-17(13-15-19)16-8-10-18(11-9-16)21(22)24-25-20-6-4-3-5-7-20/h3-11,17,19H,2,12-15H2,1H3.